The number of hydrogen-bond donors (Lipinski definition) is 2. The molecule has 0 aliphatic rings. The predicted molar refractivity (Wildman–Crippen MR) is 57.9 cm³/mol. The largest absolute Gasteiger partial charge is 0.508 e. The predicted octanol–water partition coefficient (Wildman–Crippen LogP) is 3.02. The van der Waals surface area contributed by atoms with Crippen LogP contribution in [-0.2, 0) is 4.74 Å². The van der Waals surface area contributed by atoms with E-state index in [9.17, 15) is 13.6 Å². The molecule has 0 saturated carbocycles. The van der Waals surface area contributed by atoms with Gasteiger partial charge in [0.25, 0.3) is 0 Å². The van der Waals surface area contributed by atoms with Crippen LogP contribution in [0.25, 0.3) is 0 Å². The average Bonchev–Trinajstić information content (AvgIpc) is 2.08. The lowest BCUT2D eigenvalue weighted by molar-refractivity contribution is 0.0634. The molecule has 0 saturated heterocycles. The average molecular weight is 245 g/mol. The van der Waals surface area contributed by atoms with Crippen molar-refractivity contribution in [2.24, 2.45) is 0 Å². The molecule has 0 aliphatic carbocycles. The Morgan fingerprint density at radius 2 is 1.76 bits per heavy atom. The standard InChI is InChI=1S/C11H13F2NO3/c1-11(2,3)17-10(16)14-9-7(12)4-6(15)5-8(9)13/h4-5,15H,1-3H3,(H,14,16). The molecule has 0 unspecified atom stereocenters. The summed E-state index contributed by atoms with van der Waals surface area (Å²) in [5.74, 6) is -2.71. The third-order valence-electron chi connectivity index (χ3n) is 1.65. The van der Waals surface area contributed by atoms with Gasteiger partial charge in [-0.2, -0.15) is 0 Å². The number of phenolic OH excluding ortho intramolecular Hbond substituents is 1. The Morgan fingerprint density at radius 1 is 1.29 bits per heavy atom. The van der Waals surface area contributed by atoms with Gasteiger partial charge in [-0.25, -0.2) is 13.6 Å². The van der Waals surface area contributed by atoms with Crippen LogP contribution in [0.2, 0.25) is 0 Å². The molecule has 1 aromatic rings. The van der Waals surface area contributed by atoms with Crippen molar-refractivity contribution in [2.45, 2.75) is 26.4 Å². The molecular weight excluding hydrogens is 232 g/mol. The van der Waals surface area contributed by atoms with E-state index in [1.165, 1.54) is 0 Å². The van der Waals surface area contributed by atoms with Crippen molar-refractivity contribution in [3.8, 4) is 5.75 Å². The zero-order valence-corrected chi connectivity index (χ0v) is 9.67. The summed E-state index contributed by atoms with van der Waals surface area (Å²) in [7, 11) is 0. The first-order chi connectivity index (χ1) is 7.69. The third-order valence-corrected chi connectivity index (χ3v) is 1.65. The highest BCUT2D eigenvalue weighted by atomic mass is 19.1. The smallest absolute Gasteiger partial charge is 0.412 e. The Morgan fingerprint density at radius 3 is 2.18 bits per heavy atom. The highest BCUT2D eigenvalue weighted by molar-refractivity contribution is 5.85. The van der Waals surface area contributed by atoms with Gasteiger partial charge in [0.15, 0.2) is 11.6 Å². The van der Waals surface area contributed by atoms with E-state index in [-0.39, 0.29) is 0 Å². The molecule has 0 atom stereocenters. The van der Waals surface area contributed by atoms with Gasteiger partial charge in [-0.3, -0.25) is 5.32 Å². The van der Waals surface area contributed by atoms with E-state index in [0.29, 0.717) is 12.1 Å². The number of anilines is 1. The molecule has 0 aliphatic heterocycles. The molecule has 17 heavy (non-hydrogen) atoms. The van der Waals surface area contributed by atoms with Crippen molar-refractivity contribution >= 4 is 11.8 Å². The lowest BCUT2D eigenvalue weighted by Gasteiger charge is -2.20. The van der Waals surface area contributed by atoms with Crippen molar-refractivity contribution in [3.05, 3.63) is 23.8 Å². The molecule has 0 spiro atoms. The van der Waals surface area contributed by atoms with Gasteiger partial charge in [0.2, 0.25) is 0 Å². The third kappa shape index (κ3) is 3.90. The summed E-state index contributed by atoms with van der Waals surface area (Å²) in [4.78, 5) is 11.3. The zero-order chi connectivity index (χ0) is 13.2. The van der Waals surface area contributed by atoms with Crippen molar-refractivity contribution < 1.29 is 23.4 Å². The van der Waals surface area contributed by atoms with Crippen LogP contribution in [-0.4, -0.2) is 16.8 Å². The lowest BCUT2D eigenvalue weighted by atomic mass is 10.2. The number of halogens is 2. The molecule has 2 N–H and O–H groups in total. The van der Waals surface area contributed by atoms with Gasteiger partial charge < -0.3 is 9.84 Å². The minimum absolute atomic E-state index is 0.560. The van der Waals surface area contributed by atoms with E-state index < -0.39 is 34.8 Å². The minimum atomic E-state index is -1.08. The SMILES string of the molecule is CC(C)(C)OC(=O)Nc1c(F)cc(O)cc1F. The Labute approximate surface area is 97.2 Å². The van der Waals surface area contributed by atoms with Gasteiger partial charge in [0, 0.05) is 12.1 Å². The van der Waals surface area contributed by atoms with Crippen LogP contribution >= 0.6 is 0 Å². The number of carbonyl (C=O) groups excluding carboxylic acids is 1. The van der Waals surface area contributed by atoms with E-state index in [1.807, 2.05) is 5.32 Å². The Balaban J connectivity index is 2.86. The molecule has 1 amide bonds. The highest BCUT2D eigenvalue weighted by Gasteiger charge is 2.19. The Hall–Kier alpha value is -1.85. The van der Waals surface area contributed by atoms with Gasteiger partial charge >= 0.3 is 6.09 Å². The van der Waals surface area contributed by atoms with Crippen LogP contribution in [0, 0.1) is 11.6 Å². The van der Waals surface area contributed by atoms with Crippen molar-refractivity contribution in [1.29, 1.82) is 0 Å². The number of benzene rings is 1. The number of rotatable bonds is 1. The van der Waals surface area contributed by atoms with E-state index in [1.54, 1.807) is 20.8 Å². The quantitative estimate of drug-likeness (QED) is 0.748. The molecule has 0 aromatic heterocycles. The van der Waals surface area contributed by atoms with Crippen LogP contribution in [0.4, 0.5) is 19.3 Å². The summed E-state index contributed by atoms with van der Waals surface area (Å²) in [6, 6.07) is 1.38. The summed E-state index contributed by atoms with van der Waals surface area (Å²) >= 11 is 0. The lowest BCUT2D eigenvalue weighted by Crippen LogP contribution is -2.27. The van der Waals surface area contributed by atoms with Gasteiger partial charge in [-0.1, -0.05) is 0 Å². The Bertz CT molecular complexity index is 418. The summed E-state index contributed by atoms with van der Waals surface area (Å²) < 4.78 is 31.3. The highest BCUT2D eigenvalue weighted by Crippen LogP contribution is 2.24. The first kappa shape index (κ1) is 13.2. The fourth-order valence-corrected chi connectivity index (χ4v) is 1.08. The molecule has 1 aromatic carbocycles. The topological polar surface area (TPSA) is 58.6 Å². The van der Waals surface area contributed by atoms with Crippen molar-refractivity contribution in [1.82, 2.24) is 0 Å². The maximum atomic E-state index is 13.2. The summed E-state index contributed by atoms with van der Waals surface area (Å²) in [5.41, 5.74) is -1.43. The Kier molecular flexibility index (Phi) is 3.55. The normalized spacial score (nSPS) is 11.1. The monoisotopic (exact) mass is 245 g/mol. The molecule has 4 nitrogen and oxygen atoms in total. The summed E-state index contributed by atoms with van der Waals surface area (Å²) in [5, 5.41) is 10.9. The summed E-state index contributed by atoms with van der Waals surface area (Å²) in [6.45, 7) is 4.86. The minimum Gasteiger partial charge on any atom is -0.508 e. The number of nitrogens with one attached hydrogen (secondary N) is 1. The van der Waals surface area contributed by atoms with Gasteiger partial charge in [-0.05, 0) is 20.8 Å². The second-order valence-corrected chi connectivity index (χ2v) is 4.41. The van der Waals surface area contributed by atoms with E-state index in [0.717, 1.165) is 0 Å². The van der Waals surface area contributed by atoms with Crippen LogP contribution in [0.5, 0.6) is 5.75 Å². The van der Waals surface area contributed by atoms with Crippen LogP contribution < -0.4 is 5.32 Å². The number of hydrogen-bond acceptors (Lipinski definition) is 3. The molecule has 1 rings (SSSR count). The van der Waals surface area contributed by atoms with Crippen LogP contribution in [0.15, 0.2) is 12.1 Å². The van der Waals surface area contributed by atoms with Crippen molar-refractivity contribution in [3.63, 3.8) is 0 Å². The number of phenols is 1. The fraction of sp³-hybridized carbons (Fsp3) is 0.364. The number of ether oxygens (including phenoxy) is 1. The molecule has 0 heterocycles. The zero-order valence-electron chi connectivity index (χ0n) is 9.67. The van der Waals surface area contributed by atoms with E-state index >= 15 is 0 Å². The van der Waals surface area contributed by atoms with Crippen LogP contribution in [0.3, 0.4) is 0 Å². The number of carbonyl (C=O) groups is 1. The molecule has 0 bridgehead atoms. The van der Waals surface area contributed by atoms with Gasteiger partial charge in [0.05, 0.1) is 0 Å². The maximum Gasteiger partial charge on any atom is 0.412 e. The van der Waals surface area contributed by atoms with E-state index in [2.05, 4.69) is 0 Å². The maximum absolute atomic E-state index is 13.2. The van der Waals surface area contributed by atoms with E-state index in [4.69, 9.17) is 9.84 Å². The number of amides is 1. The molecule has 0 radical (unpaired) electrons. The molecule has 6 heteroatoms. The second kappa shape index (κ2) is 4.57. The fourth-order valence-electron chi connectivity index (χ4n) is 1.08. The first-order valence-electron chi connectivity index (χ1n) is 4.87. The van der Waals surface area contributed by atoms with Gasteiger partial charge in [0.1, 0.15) is 17.0 Å². The molecular formula is C11H13F2NO3. The van der Waals surface area contributed by atoms with Crippen LogP contribution in [0.1, 0.15) is 20.8 Å². The van der Waals surface area contributed by atoms with Crippen molar-refractivity contribution in [2.75, 3.05) is 5.32 Å². The molecule has 0 fully saturated rings. The first-order valence-corrected chi connectivity index (χ1v) is 4.87. The summed E-state index contributed by atoms with van der Waals surface area (Å²) in [6.07, 6.45) is -0.971. The second-order valence-electron chi connectivity index (χ2n) is 4.41. The van der Waals surface area contributed by atoms with Gasteiger partial charge in [-0.15, -0.1) is 0 Å². The number of aromatic hydroxyl groups is 1. The molecule has 94 valence electrons.